The van der Waals surface area contributed by atoms with Crippen molar-refractivity contribution in [1.29, 1.82) is 0 Å². The Kier molecular flexibility index (Phi) is 14.2. The number of aromatic nitrogens is 2. The molecular weight excluding hydrogens is 664 g/mol. The van der Waals surface area contributed by atoms with Gasteiger partial charge in [0.15, 0.2) is 5.12 Å². The number of ether oxygens (including phenoxy) is 1. The molecule has 0 saturated carbocycles. The molecule has 0 aliphatic heterocycles. The van der Waals surface area contributed by atoms with Gasteiger partial charge in [0.25, 0.3) is 0 Å². The number of esters is 1. The number of allylic oxidation sites excluding steroid dienone is 1. The molecule has 1 heterocycles. The van der Waals surface area contributed by atoms with Crippen LogP contribution in [0.1, 0.15) is 51.9 Å². The van der Waals surface area contributed by atoms with Gasteiger partial charge in [0.05, 0.1) is 24.5 Å². The third-order valence-electron chi connectivity index (χ3n) is 6.99. The van der Waals surface area contributed by atoms with E-state index < -0.39 is 21.4 Å². The minimum atomic E-state index is -3.92. The van der Waals surface area contributed by atoms with Gasteiger partial charge in [-0.25, -0.2) is 23.1 Å². The number of thioether (sulfide) groups is 1. The largest absolute Gasteiger partial charge is 0.465 e. The first-order valence-electron chi connectivity index (χ1n) is 14.6. The number of hydrogen-bond acceptors (Lipinski definition) is 11. The summed E-state index contributed by atoms with van der Waals surface area (Å²) in [5.41, 5.74) is 7.28. The molecule has 256 valence electrons. The lowest BCUT2D eigenvalue weighted by molar-refractivity contribution is -0.143. The Hall–Kier alpha value is -3.72. The summed E-state index contributed by atoms with van der Waals surface area (Å²) in [7, 11) is -0.152. The van der Waals surface area contributed by atoms with Crippen LogP contribution in [-0.2, 0) is 35.7 Å². The predicted molar refractivity (Wildman–Crippen MR) is 188 cm³/mol. The molecule has 1 aromatic heterocycles. The number of aryl methyl sites for hydroxylation is 1. The molecule has 1 amide bonds. The van der Waals surface area contributed by atoms with Gasteiger partial charge in [0, 0.05) is 71.3 Å². The number of amides is 1. The van der Waals surface area contributed by atoms with E-state index in [0.29, 0.717) is 33.8 Å². The van der Waals surface area contributed by atoms with Crippen molar-refractivity contribution < 1.29 is 27.5 Å². The Morgan fingerprint density at radius 3 is 2.36 bits per heavy atom. The lowest BCUT2D eigenvalue weighted by atomic mass is 10.00. The lowest BCUT2D eigenvalue weighted by Crippen LogP contribution is -2.27. The highest BCUT2D eigenvalue weighted by Crippen LogP contribution is 2.33. The lowest BCUT2D eigenvalue weighted by Gasteiger charge is -2.24. The molecule has 0 radical (unpaired) electrons. The van der Waals surface area contributed by atoms with Crippen LogP contribution in [0.4, 0.5) is 11.5 Å². The fourth-order valence-corrected chi connectivity index (χ4v) is 6.60. The second-order valence-corrected chi connectivity index (χ2v) is 14.7. The molecule has 0 unspecified atom stereocenters. The molecule has 47 heavy (non-hydrogen) atoms. The van der Waals surface area contributed by atoms with Crippen molar-refractivity contribution in [2.45, 2.75) is 58.9 Å². The van der Waals surface area contributed by atoms with Gasteiger partial charge in [-0.15, -0.1) is 12.4 Å². The van der Waals surface area contributed by atoms with Crippen LogP contribution in [0, 0.1) is 12.3 Å². The van der Waals surface area contributed by atoms with E-state index in [1.807, 2.05) is 31.1 Å². The summed E-state index contributed by atoms with van der Waals surface area (Å²) in [5.74, 6) is 0.131. The molecule has 0 saturated heterocycles. The van der Waals surface area contributed by atoms with E-state index in [1.165, 1.54) is 11.0 Å². The van der Waals surface area contributed by atoms with Gasteiger partial charge in [-0.2, -0.15) is 0 Å². The zero-order valence-corrected chi connectivity index (χ0v) is 30.1. The summed E-state index contributed by atoms with van der Waals surface area (Å²) >= 11 is 0.986. The van der Waals surface area contributed by atoms with Crippen molar-refractivity contribution in [1.82, 2.24) is 19.6 Å². The van der Waals surface area contributed by atoms with Gasteiger partial charge < -0.3 is 20.3 Å². The maximum absolute atomic E-state index is 13.2. The third kappa shape index (κ3) is 10.6. The number of carbonyl (C=O) groups excluding carboxylic acids is 3. The van der Waals surface area contributed by atoms with Gasteiger partial charge in [0.2, 0.25) is 16.4 Å². The molecule has 0 bridgehead atoms. The van der Waals surface area contributed by atoms with Crippen LogP contribution in [0.5, 0.6) is 0 Å². The first-order valence-corrected chi connectivity index (χ1v) is 16.9. The number of fused-ring (bicyclic) bond motifs is 1. The van der Waals surface area contributed by atoms with Crippen molar-refractivity contribution in [3.8, 4) is 0 Å². The monoisotopic (exact) mass is 706 g/mol. The molecule has 0 aliphatic rings. The maximum atomic E-state index is 13.2. The van der Waals surface area contributed by atoms with Gasteiger partial charge in [-0.1, -0.05) is 56.8 Å². The number of nitrogens with zero attached hydrogens (tertiary/aromatic N) is 4. The zero-order chi connectivity index (χ0) is 34.2. The van der Waals surface area contributed by atoms with Crippen LogP contribution in [0.3, 0.4) is 0 Å². The van der Waals surface area contributed by atoms with Crippen molar-refractivity contribution in [3.63, 3.8) is 0 Å². The van der Waals surface area contributed by atoms with E-state index in [-0.39, 0.29) is 60.8 Å². The van der Waals surface area contributed by atoms with Crippen molar-refractivity contribution in [2.75, 3.05) is 37.9 Å². The first-order chi connectivity index (χ1) is 21.5. The van der Waals surface area contributed by atoms with Gasteiger partial charge in [-0.05, 0) is 26.0 Å². The Morgan fingerprint density at radius 2 is 1.74 bits per heavy atom. The molecule has 0 fully saturated rings. The Balaban J connectivity index is 0.00000768. The third-order valence-corrected chi connectivity index (χ3v) is 10.1. The SMILES string of the molecule is CC(=C(CCOC(=O)CCNS(=O)(=O)c1cccc2c(N(C)C)cccc12)SC(=O)C(C)(C)C)N(C=O)Cc1cnc(C)nc1N.Cl. The number of hydrogen-bond donors (Lipinski definition) is 2. The van der Waals surface area contributed by atoms with Crippen molar-refractivity contribution >= 4 is 74.0 Å². The second kappa shape index (κ2) is 16.9. The number of sulfonamides is 1. The summed E-state index contributed by atoms with van der Waals surface area (Å²) in [6, 6.07) is 10.5. The molecule has 3 rings (SSSR count). The van der Waals surface area contributed by atoms with E-state index in [1.54, 1.807) is 59.0 Å². The summed E-state index contributed by atoms with van der Waals surface area (Å²) in [6.07, 6.45) is 2.13. The van der Waals surface area contributed by atoms with Crippen LogP contribution in [-0.4, -0.2) is 68.0 Å². The standard InChI is InChI=1S/C32H42N6O6S2.ClH/c1-21(38(20-39)19-23-18-34-22(2)36-30(23)33)27(45-31(41)32(3,4)5)15-17-44-29(40)14-16-35-46(42,43)28-13-9-10-24-25(28)11-8-12-26(24)37(6)7;/h8-13,18,20,35H,14-17,19H2,1-7H3,(H2,33,34,36);1H. The summed E-state index contributed by atoms with van der Waals surface area (Å²) in [6.45, 7) is 8.61. The molecule has 2 aromatic carbocycles. The molecule has 0 spiro atoms. The Morgan fingerprint density at radius 1 is 1.09 bits per heavy atom. The van der Waals surface area contributed by atoms with E-state index in [2.05, 4.69) is 14.7 Å². The maximum Gasteiger partial charge on any atom is 0.307 e. The van der Waals surface area contributed by atoms with Crippen LogP contribution in [0.15, 0.2) is 58.1 Å². The first kappa shape index (κ1) is 39.5. The van der Waals surface area contributed by atoms with E-state index in [9.17, 15) is 22.8 Å². The Bertz CT molecular complexity index is 1740. The average molecular weight is 707 g/mol. The van der Waals surface area contributed by atoms with E-state index in [0.717, 1.165) is 22.8 Å². The number of benzene rings is 2. The number of halogens is 1. The van der Waals surface area contributed by atoms with Crippen molar-refractivity contribution in [2.24, 2.45) is 5.41 Å². The summed E-state index contributed by atoms with van der Waals surface area (Å²) < 4.78 is 34.2. The Labute approximate surface area is 287 Å². The van der Waals surface area contributed by atoms with Crippen LogP contribution in [0.25, 0.3) is 10.8 Å². The second-order valence-electron chi connectivity index (χ2n) is 11.9. The van der Waals surface area contributed by atoms with Gasteiger partial charge >= 0.3 is 5.97 Å². The number of anilines is 2. The fourth-order valence-electron chi connectivity index (χ4n) is 4.37. The van der Waals surface area contributed by atoms with Crippen LogP contribution < -0.4 is 15.4 Å². The molecule has 15 heteroatoms. The number of rotatable bonds is 14. The minimum Gasteiger partial charge on any atom is -0.465 e. The van der Waals surface area contributed by atoms with E-state index in [4.69, 9.17) is 10.5 Å². The van der Waals surface area contributed by atoms with Gasteiger partial charge in [-0.3, -0.25) is 14.4 Å². The van der Waals surface area contributed by atoms with Gasteiger partial charge in [0.1, 0.15) is 11.6 Å². The highest BCUT2D eigenvalue weighted by Gasteiger charge is 2.26. The molecular formula is C32H43ClN6O6S2. The van der Waals surface area contributed by atoms with Crippen LogP contribution >= 0.6 is 24.2 Å². The van der Waals surface area contributed by atoms with E-state index >= 15 is 0 Å². The molecule has 0 aliphatic carbocycles. The van der Waals surface area contributed by atoms with Crippen LogP contribution in [0.2, 0.25) is 0 Å². The number of carbonyl (C=O) groups is 3. The number of nitrogens with one attached hydrogen (secondary N) is 1. The highest BCUT2D eigenvalue weighted by molar-refractivity contribution is 8.17. The molecule has 0 atom stereocenters. The number of nitrogen functional groups attached to an aromatic ring is 1. The minimum absolute atomic E-state index is 0. The summed E-state index contributed by atoms with van der Waals surface area (Å²) in [4.78, 5) is 49.9. The normalized spacial score (nSPS) is 12.1. The highest BCUT2D eigenvalue weighted by atomic mass is 35.5. The predicted octanol–water partition coefficient (Wildman–Crippen LogP) is 4.81. The average Bonchev–Trinajstić information content (AvgIpc) is 2.98. The smallest absolute Gasteiger partial charge is 0.307 e. The molecule has 3 aromatic rings. The number of nitrogens with two attached hydrogens (primary N) is 1. The topological polar surface area (TPSA) is 165 Å². The zero-order valence-electron chi connectivity index (χ0n) is 27.7. The fraction of sp³-hybridized carbons (Fsp3) is 0.406. The quantitative estimate of drug-likeness (QED) is 0.175. The van der Waals surface area contributed by atoms with Crippen molar-refractivity contribution in [3.05, 3.63) is 64.6 Å². The summed E-state index contributed by atoms with van der Waals surface area (Å²) in [5, 5.41) is 1.24. The molecule has 3 N–H and O–H groups in total. The molecule has 12 nitrogen and oxygen atoms in total.